The molecule has 19 nitrogen and oxygen atoms in total. The molecule has 1 aliphatic rings. The molecule has 0 bridgehead atoms. The minimum atomic E-state index is -5.24. The fourth-order valence-electron chi connectivity index (χ4n) is 6.01. The van der Waals surface area contributed by atoms with E-state index in [1.807, 2.05) is 36.4 Å². The van der Waals surface area contributed by atoms with Gasteiger partial charge in [-0.1, -0.05) is 24.6 Å². The third-order valence-corrected chi connectivity index (χ3v) is 11.0. The van der Waals surface area contributed by atoms with Crippen LogP contribution in [0.15, 0.2) is 53.6 Å². The number of amides is 1. The molecule has 6 rings (SSSR count). The minimum absolute atomic E-state index is 0.0582. The number of aromatic amines is 1. The Hall–Kier alpha value is -4.00. The van der Waals surface area contributed by atoms with Crippen LogP contribution in [0, 0.1) is 0 Å². The molecule has 0 radical (unpaired) electrons. The van der Waals surface area contributed by atoms with E-state index >= 15 is 0 Å². The minimum Gasteiger partial charge on any atom is -0.387 e. The highest BCUT2D eigenvalue weighted by molar-refractivity contribution is 7.61. The molecule has 51 heavy (non-hydrogen) atoms. The zero-order chi connectivity index (χ0) is 36.5. The number of nitrogen functional groups attached to an aromatic ring is 1. The Bertz CT molecular complexity index is 2220. The number of anilines is 2. The van der Waals surface area contributed by atoms with Crippen LogP contribution in [-0.2, 0) is 38.6 Å². The molecule has 1 saturated heterocycles. The van der Waals surface area contributed by atoms with Gasteiger partial charge in [-0.3, -0.25) is 28.2 Å². The summed E-state index contributed by atoms with van der Waals surface area (Å²) in [5.74, 6) is -0.435. The van der Waals surface area contributed by atoms with E-state index in [-0.39, 0.29) is 42.5 Å². The summed E-state index contributed by atoms with van der Waals surface area (Å²) in [6.07, 6.45) is -3.64. The van der Waals surface area contributed by atoms with E-state index in [9.17, 15) is 38.7 Å². The molecule has 2 aromatic carbocycles. The van der Waals surface area contributed by atoms with Gasteiger partial charge >= 0.3 is 15.6 Å². The lowest BCUT2D eigenvalue weighted by atomic mass is 10.1. The first kappa shape index (κ1) is 36.8. The number of ether oxygens (including phenoxy) is 1. The van der Waals surface area contributed by atoms with Crippen LogP contribution < -0.4 is 16.6 Å². The quantitative estimate of drug-likeness (QED) is 0.0599. The number of unbranched alkanes of at least 4 members (excludes halogenated alkanes) is 2. The molecule has 8 N–H and O–H groups in total. The van der Waals surface area contributed by atoms with Crippen molar-refractivity contribution in [2.45, 2.75) is 63.7 Å². The average molecular weight is 750 g/mol. The van der Waals surface area contributed by atoms with Crippen LogP contribution in [0.5, 0.6) is 0 Å². The number of hydrogen-bond donors (Lipinski definition) is 7. The Kier molecular flexibility index (Phi) is 10.8. The Labute approximate surface area is 289 Å². The topological polar surface area (TPSA) is 276 Å². The van der Waals surface area contributed by atoms with E-state index in [1.165, 1.54) is 0 Å². The molecule has 0 spiro atoms. The zero-order valence-electron chi connectivity index (χ0n) is 27.2. The number of carbonyl (C=O) groups excluding carboxylic acids is 1. The lowest BCUT2D eigenvalue weighted by Gasteiger charge is -2.19. The number of H-pyrrole nitrogens is 1. The number of nitrogens with one attached hydrogen (secondary N) is 2. The van der Waals surface area contributed by atoms with Gasteiger partial charge in [-0.15, -0.1) is 0 Å². The lowest BCUT2D eigenvalue weighted by molar-refractivity contribution is -0.116. The highest BCUT2D eigenvalue weighted by atomic mass is 31.3. The maximum Gasteiger partial charge on any atom is 0.481 e. The summed E-state index contributed by atoms with van der Waals surface area (Å²) in [6.45, 7) is 1.70. The lowest BCUT2D eigenvalue weighted by Crippen LogP contribution is -2.33. The normalized spacial score (nSPS) is 21.7. The second-order valence-corrected chi connectivity index (χ2v) is 14.9. The van der Waals surface area contributed by atoms with E-state index in [0.29, 0.717) is 18.5 Å². The Morgan fingerprint density at radius 1 is 1.04 bits per heavy atom. The van der Waals surface area contributed by atoms with Crippen LogP contribution >= 0.6 is 15.6 Å². The number of imidazole rings is 1. The van der Waals surface area contributed by atoms with Gasteiger partial charge in [-0.25, -0.2) is 14.1 Å². The molecule has 4 heterocycles. The SMILES string of the molecule is CCn1c2ccccc2c2cc(NC(=O)CCCCCOP(=O)(O)OP(=O)(O)OC[C@H]3O[C@@H](n4cnc5c(=O)[nH]c(N)nc54)[C@H](O)[C@@H]3O)ccc21. The maximum atomic E-state index is 12.6. The monoisotopic (exact) mass is 749 g/mol. The van der Waals surface area contributed by atoms with Crippen molar-refractivity contribution in [1.82, 2.24) is 24.1 Å². The second kappa shape index (κ2) is 14.9. The van der Waals surface area contributed by atoms with E-state index in [1.54, 1.807) is 0 Å². The van der Waals surface area contributed by atoms with Crippen LogP contribution in [0.4, 0.5) is 11.6 Å². The Balaban J connectivity index is 0.923. The number of aliphatic hydroxyl groups is 2. The maximum absolute atomic E-state index is 12.6. The number of aromatic nitrogens is 5. The number of phosphoric ester groups is 2. The third-order valence-electron chi connectivity index (χ3n) is 8.35. The predicted molar refractivity (Wildman–Crippen MR) is 183 cm³/mol. The molecule has 2 unspecified atom stereocenters. The fourth-order valence-corrected chi connectivity index (χ4v) is 8.13. The van der Waals surface area contributed by atoms with E-state index < -0.39 is 52.4 Å². The van der Waals surface area contributed by atoms with Crippen LogP contribution in [0.25, 0.3) is 33.0 Å². The van der Waals surface area contributed by atoms with Gasteiger partial charge in [0, 0.05) is 40.5 Å². The van der Waals surface area contributed by atoms with Gasteiger partial charge in [0.2, 0.25) is 11.9 Å². The van der Waals surface area contributed by atoms with Crippen LogP contribution in [0.2, 0.25) is 0 Å². The van der Waals surface area contributed by atoms with Crippen LogP contribution in [-0.4, -0.2) is 81.5 Å². The summed E-state index contributed by atoms with van der Waals surface area (Å²) in [5.41, 5.74) is 7.62. The Morgan fingerprint density at radius 2 is 1.78 bits per heavy atom. The van der Waals surface area contributed by atoms with Gasteiger partial charge < -0.3 is 40.4 Å². The summed E-state index contributed by atoms with van der Waals surface area (Å²) in [4.78, 5) is 54.8. The first-order chi connectivity index (χ1) is 24.3. The van der Waals surface area contributed by atoms with Crippen molar-refractivity contribution in [2.75, 3.05) is 24.3 Å². The second-order valence-electron chi connectivity index (χ2n) is 11.8. The van der Waals surface area contributed by atoms with E-state index in [2.05, 4.69) is 42.1 Å². The van der Waals surface area contributed by atoms with Crippen molar-refractivity contribution in [3.8, 4) is 0 Å². The smallest absolute Gasteiger partial charge is 0.387 e. The van der Waals surface area contributed by atoms with Gasteiger partial charge in [0.15, 0.2) is 17.4 Å². The summed E-state index contributed by atoms with van der Waals surface area (Å²) in [7, 11) is -10.3. The first-order valence-electron chi connectivity index (χ1n) is 16.0. The number of carbonyl (C=O) groups is 1. The molecule has 1 aliphatic heterocycles. The molecule has 0 saturated carbocycles. The zero-order valence-corrected chi connectivity index (χ0v) is 29.0. The molecule has 5 aromatic rings. The van der Waals surface area contributed by atoms with Crippen molar-refractivity contribution >= 4 is 66.2 Å². The number of para-hydroxylation sites is 1. The fraction of sp³-hybridized carbons (Fsp3) is 0.400. The molecule has 6 atom stereocenters. The van der Waals surface area contributed by atoms with Crippen molar-refractivity contribution in [3.05, 3.63) is 59.1 Å². The molecular formula is C30H37N7O12P2. The number of benzene rings is 2. The van der Waals surface area contributed by atoms with Crippen molar-refractivity contribution < 1.29 is 52.0 Å². The number of fused-ring (bicyclic) bond motifs is 4. The van der Waals surface area contributed by atoms with Crippen LogP contribution in [0.1, 0.15) is 38.8 Å². The third kappa shape index (κ3) is 8.08. The molecule has 1 amide bonds. The van der Waals surface area contributed by atoms with Gasteiger partial charge in [-0.2, -0.15) is 9.29 Å². The van der Waals surface area contributed by atoms with Gasteiger partial charge in [0.1, 0.15) is 18.3 Å². The number of aliphatic hydroxyl groups excluding tert-OH is 2. The summed E-state index contributed by atoms with van der Waals surface area (Å²) >= 11 is 0. The summed E-state index contributed by atoms with van der Waals surface area (Å²) < 4.78 is 47.5. The van der Waals surface area contributed by atoms with E-state index in [0.717, 1.165) is 39.2 Å². The Morgan fingerprint density at radius 3 is 2.57 bits per heavy atom. The van der Waals surface area contributed by atoms with Gasteiger partial charge in [-0.05, 0) is 44.0 Å². The molecular weight excluding hydrogens is 712 g/mol. The molecule has 3 aromatic heterocycles. The standard InChI is InChI=1S/C30H37N7O12P2/c1-2-36-20-9-6-5-8-18(20)19-14-17(11-12-21(19)36)33-23(38)10-4-3-7-13-46-50(42,43)49-51(44,45)47-15-22-25(39)26(40)29(48-22)37-16-32-24-27(37)34-30(31)35-28(24)41/h5-6,8-9,11-12,14,16,22,25-26,29,39-40H,2-4,7,10,13,15H2,1H3,(H,33,38)(H,42,43)(H,44,45)(H3,31,34,35,41)/t22-,25-,26-,29-/m1/s1. The van der Waals surface area contributed by atoms with E-state index in [4.69, 9.17) is 19.5 Å². The largest absolute Gasteiger partial charge is 0.481 e. The number of aryl methyl sites for hydroxylation is 1. The average Bonchev–Trinajstić information content (AvgIpc) is 3.72. The van der Waals surface area contributed by atoms with Crippen molar-refractivity contribution in [1.29, 1.82) is 0 Å². The molecule has 21 heteroatoms. The number of nitrogens with zero attached hydrogens (tertiary/aromatic N) is 4. The molecule has 1 fully saturated rings. The first-order valence-corrected chi connectivity index (χ1v) is 19.0. The number of phosphoric acid groups is 2. The number of hydrogen-bond acceptors (Lipinski definition) is 13. The predicted octanol–water partition coefficient (Wildman–Crippen LogP) is 2.90. The summed E-state index contributed by atoms with van der Waals surface area (Å²) in [5, 5.41) is 26.0. The van der Waals surface area contributed by atoms with Crippen molar-refractivity contribution in [3.63, 3.8) is 0 Å². The van der Waals surface area contributed by atoms with Crippen LogP contribution in [0.3, 0.4) is 0 Å². The number of nitrogens with two attached hydrogens (primary N) is 1. The number of rotatable bonds is 15. The summed E-state index contributed by atoms with van der Waals surface area (Å²) in [6, 6.07) is 13.9. The van der Waals surface area contributed by atoms with Crippen molar-refractivity contribution in [2.24, 2.45) is 0 Å². The highest BCUT2D eigenvalue weighted by Gasteiger charge is 2.46. The highest BCUT2D eigenvalue weighted by Crippen LogP contribution is 2.60. The van der Waals surface area contributed by atoms with Gasteiger partial charge in [0.25, 0.3) is 5.56 Å². The molecule has 274 valence electrons. The van der Waals surface area contributed by atoms with Gasteiger partial charge in [0.05, 0.1) is 19.5 Å². The molecule has 0 aliphatic carbocycles.